The van der Waals surface area contributed by atoms with Gasteiger partial charge in [0.1, 0.15) is 12.2 Å². The van der Waals surface area contributed by atoms with Crippen LogP contribution < -0.4 is 0 Å². The van der Waals surface area contributed by atoms with E-state index in [0.29, 0.717) is 0 Å². The van der Waals surface area contributed by atoms with Crippen molar-refractivity contribution in [2.45, 2.75) is 89.3 Å². The normalized spacial score (nSPS) is 20.9. The Bertz CT molecular complexity index is 341. The minimum Gasteiger partial charge on any atom is -0.462 e. The first-order chi connectivity index (χ1) is 10.7. The molecule has 2 fully saturated rings. The van der Waals surface area contributed by atoms with Gasteiger partial charge in [-0.3, -0.25) is 9.59 Å². The SMILES string of the molecule is O=C(C/C=C/CC(=O)OC1CCCCC1)OC1CCCCC1. The maximum Gasteiger partial charge on any atom is 0.309 e. The molecule has 4 nitrogen and oxygen atoms in total. The molecule has 0 unspecified atom stereocenters. The van der Waals surface area contributed by atoms with Gasteiger partial charge in [0.2, 0.25) is 0 Å². The lowest BCUT2D eigenvalue weighted by molar-refractivity contribution is -0.150. The molecule has 0 aromatic carbocycles. The predicted molar refractivity (Wildman–Crippen MR) is 84.3 cm³/mol. The van der Waals surface area contributed by atoms with Crippen LogP contribution >= 0.6 is 0 Å². The van der Waals surface area contributed by atoms with E-state index in [1.165, 1.54) is 12.8 Å². The molecule has 0 bridgehead atoms. The van der Waals surface area contributed by atoms with Crippen LogP contribution in [0.1, 0.15) is 77.0 Å². The number of carbonyl (C=O) groups excluding carboxylic acids is 2. The summed E-state index contributed by atoms with van der Waals surface area (Å²) in [7, 11) is 0. The third-order valence-corrected chi connectivity index (χ3v) is 4.44. The van der Waals surface area contributed by atoms with Crippen molar-refractivity contribution in [2.75, 3.05) is 0 Å². The molecule has 0 amide bonds. The fourth-order valence-corrected chi connectivity index (χ4v) is 3.19. The summed E-state index contributed by atoms with van der Waals surface area (Å²) in [5.74, 6) is -0.382. The van der Waals surface area contributed by atoms with Gasteiger partial charge in [0, 0.05) is 0 Å². The lowest BCUT2D eigenvalue weighted by Gasteiger charge is -2.21. The van der Waals surface area contributed by atoms with Crippen molar-refractivity contribution in [1.29, 1.82) is 0 Å². The summed E-state index contributed by atoms with van der Waals surface area (Å²) in [5, 5.41) is 0. The van der Waals surface area contributed by atoms with Crippen LogP contribution in [-0.2, 0) is 19.1 Å². The second-order valence-electron chi connectivity index (χ2n) is 6.38. The monoisotopic (exact) mass is 308 g/mol. The molecule has 4 heteroatoms. The van der Waals surface area contributed by atoms with Gasteiger partial charge in [-0.05, 0) is 51.4 Å². The van der Waals surface area contributed by atoms with Gasteiger partial charge in [-0.2, -0.15) is 0 Å². The lowest BCUT2D eigenvalue weighted by atomic mass is 9.98. The van der Waals surface area contributed by atoms with Crippen molar-refractivity contribution in [2.24, 2.45) is 0 Å². The Morgan fingerprint density at radius 2 is 1.05 bits per heavy atom. The zero-order chi connectivity index (χ0) is 15.6. The van der Waals surface area contributed by atoms with E-state index < -0.39 is 0 Å². The molecule has 2 aliphatic carbocycles. The smallest absolute Gasteiger partial charge is 0.309 e. The highest BCUT2D eigenvalue weighted by Crippen LogP contribution is 2.21. The third kappa shape index (κ3) is 6.63. The van der Waals surface area contributed by atoms with E-state index in [-0.39, 0.29) is 37.0 Å². The quantitative estimate of drug-likeness (QED) is 0.548. The third-order valence-electron chi connectivity index (χ3n) is 4.44. The van der Waals surface area contributed by atoms with Gasteiger partial charge in [0.05, 0.1) is 12.8 Å². The highest BCUT2D eigenvalue weighted by Gasteiger charge is 2.18. The van der Waals surface area contributed by atoms with Gasteiger partial charge >= 0.3 is 11.9 Å². The highest BCUT2D eigenvalue weighted by molar-refractivity contribution is 5.73. The largest absolute Gasteiger partial charge is 0.462 e. The molecule has 0 aromatic heterocycles. The van der Waals surface area contributed by atoms with E-state index in [1.807, 2.05) is 0 Å². The highest BCUT2D eigenvalue weighted by atomic mass is 16.5. The number of ether oxygens (including phenoxy) is 2. The number of carbonyl (C=O) groups is 2. The van der Waals surface area contributed by atoms with Gasteiger partial charge in [0.15, 0.2) is 0 Å². The molecule has 0 atom stereocenters. The Kier molecular flexibility index (Phi) is 7.47. The van der Waals surface area contributed by atoms with Crippen LogP contribution in [0.25, 0.3) is 0 Å². The molecule has 2 saturated carbocycles. The van der Waals surface area contributed by atoms with Crippen molar-refractivity contribution < 1.29 is 19.1 Å². The molecule has 0 saturated heterocycles. The van der Waals surface area contributed by atoms with Crippen LogP contribution in [0.3, 0.4) is 0 Å². The van der Waals surface area contributed by atoms with Crippen molar-refractivity contribution in [3.05, 3.63) is 12.2 Å². The van der Waals surface area contributed by atoms with Gasteiger partial charge in [-0.15, -0.1) is 0 Å². The minimum absolute atomic E-state index is 0.103. The number of esters is 2. The van der Waals surface area contributed by atoms with Crippen LogP contribution in [-0.4, -0.2) is 24.1 Å². The fraction of sp³-hybridized carbons (Fsp3) is 0.778. The molecule has 124 valence electrons. The van der Waals surface area contributed by atoms with E-state index in [1.54, 1.807) is 12.2 Å². The molecule has 0 aromatic rings. The molecule has 22 heavy (non-hydrogen) atoms. The first-order valence-electron chi connectivity index (χ1n) is 8.78. The number of hydrogen-bond donors (Lipinski definition) is 0. The Balaban J connectivity index is 1.56. The number of rotatable bonds is 6. The van der Waals surface area contributed by atoms with Gasteiger partial charge < -0.3 is 9.47 Å². The Morgan fingerprint density at radius 1 is 0.682 bits per heavy atom. The van der Waals surface area contributed by atoms with Crippen molar-refractivity contribution in [1.82, 2.24) is 0 Å². The lowest BCUT2D eigenvalue weighted by Crippen LogP contribution is -2.20. The Labute approximate surface area is 133 Å². The van der Waals surface area contributed by atoms with Crippen molar-refractivity contribution in [3.8, 4) is 0 Å². The fourth-order valence-electron chi connectivity index (χ4n) is 3.19. The van der Waals surface area contributed by atoms with Crippen LogP contribution in [0.4, 0.5) is 0 Å². The zero-order valence-electron chi connectivity index (χ0n) is 13.4. The average molecular weight is 308 g/mol. The molecule has 2 rings (SSSR count). The van der Waals surface area contributed by atoms with E-state index >= 15 is 0 Å². The average Bonchev–Trinajstić information content (AvgIpc) is 2.53. The molecular formula is C18H28O4. The van der Waals surface area contributed by atoms with Crippen LogP contribution in [0.5, 0.6) is 0 Å². The molecular weight excluding hydrogens is 280 g/mol. The second kappa shape index (κ2) is 9.65. The van der Waals surface area contributed by atoms with E-state index in [0.717, 1.165) is 51.4 Å². The van der Waals surface area contributed by atoms with Gasteiger partial charge in [-0.25, -0.2) is 0 Å². The standard InChI is InChI=1S/C18H28O4/c19-17(21-15-9-3-1-4-10-15)13-7-8-14-18(20)22-16-11-5-2-6-12-16/h7-8,15-16H,1-6,9-14H2/b8-7+. The van der Waals surface area contributed by atoms with E-state index in [9.17, 15) is 9.59 Å². The molecule has 0 heterocycles. The maximum atomic E-state index is 11.7. The van der Waals surface area contributed by atoms with E-state index in [4.69, 9.17) is 9.47 Å². The van der Waals surface area contributed by atoms with Crippen LogP contribution in [0.15, 0.2) is 12.2 Å². The van der Waals surface area contributed by atoms with Crippen LogP contribution in [0, 0.1) is 0 Å². The molecule has 0 radical (unpaired) electrons. The number of hydrogen-bond acceptors (Lipinski definition) is 4. The first kappa shape index (κ1) is 17.0. The molecule has 0 aliphatic heterocycles. The summed E-state index contributed by atoms with van der Waals surface area (Å²) in [4.78, 5) is 23.4. The zero-order valence-corrected chi connectivity index (χ0v) is 13.4. The van der Waals surface area contributed by atoms with Gasteiger partial charge in [-0.1, -0.05) is 25.0 Å². The molecule has 0 spiro atoms. The topological polar surface area (TPSA) is 52.6 Å². The molecule has 0 N–H and O–H groups in total. The predicted octanol–water partition coefficient (Wildman–Crippen LogP) is 4.07. The Hall–Kier alpha value is -1.32. The summed E-state index contributed by atoms with van der Waals surface area (Å²) >= 11 is 0. The summed E-state index contributed by atoms with van der Waals surface area (Å²) in [6, 6.07) is 0. The van der Waals surface area contributed by atoms with Crippen molar-refractivity contribution >= 4 is 11.9 Å². The van der Waals surface area contributed by atoms with Crippen LogP contribution in [0.2, 0.25) is 0 Å². The Morgan fingerprint density at radius 3 is 1.41 bits per heavy atom. The summed E-state index contributed by atoms with van der Waals surface area (Å²) in [6.45, 7) is 0. The first-order valence-corrected chi connectivity index (χ1v) is 8.78. The maximum absolute atomic E-state index is 11.7. The summed E-state index contributed by atoms with van der Waals surface area (Å²) in [6.07, 6.45) is 15.2. The van der Waals surface area contributed by atoms with Crippen molar-refractivity contribution in [3.63, 3.8) is 0 Å². The second-order valence-corrected chi connectivity index (χ2v) is 6.38. The molecule has 2 aliphatic rings. The minimum atomic E-state index is -0.191. The van der Waals surface area contributed by atoms with Gasteiger partial charge in [0.25, 0.3) is 0 Å². The summed E-state index contributed by atoms with van der Waals surface area (Å²) in [5.41, 5.74) is 0. The summed E-state index contributed by atoms with van der Waals surface area (Å²) < 4.78 is 10.8. The van der Waals surface area contributed by atoms with E-state index in [2.05, 4.69) is 0 Å².